The summed E-state index contributed by atoms with van der Waals surface area (Å²) in [6.45, 7) is 4.61. The Hall–Kier alpha value is -1.03. The van der Waals surface area contributed by atoms with E-state index < -0.39 is 26.5 Å². The first-order chi connectivity index (χ1) is 19.2. The lowest BCUT2D eigenvalue weighted by Crippen LogP contribution is -2.28. The van der Waals surface area contributed by atoms with Gasteiger partial charge in [0, 0.05) is 26.5 Å². The van der Waals surface area contributed by atoms with Crippen molar-refractivity contribution in [1.82, 2.24) is 5.32 Å². The number of phosphoric ester groups is 1. The van der Waals surface area contributed by atoms with Gasteiger partial charge in [0.1, 0.15) is 12.9 Å². The van der Waals surface area contributed by atoms with Gasteiger partial charge < -0.3 is 29.3 Å². The topological polar surface area (TPSA) is 141 Å². The van der Waals surface area contributed by atoms with Gasteiger partial charge in [-0.3, -0.25) is 14.1 Å². The number of esters is 1. The van der Waals surface area contributed by atoms with Gasteiger partial charge in [-0.25, -0.2) is 4.57 Å². The second-order valence-corrected chi connectivity index (χ2v) is 11.8. The maximum absolute atomic E-state index is 12.1. The molecule has 0 aromatic rings. The fourth-order valence-corrected chi connectivity index (χ4v) is 4.61. The Bertz CT molecular complexity index is 645. The van der Waals surface area contributed by atoms with Gasteiger partial charge in [0.05, 0.1) is 13.2 Å². The summed E-state index contributed by atoms with van der Waals surface area (Å²) in [6, 6.07) is 0. The molecule has 0 rings (SSSR count). The van der Waals surface area contributed by atoms with Gasteiger partial charge in [0.2, 0.25) is 5.91 Å². The van der Waals surface area contributed by atoms with Gasteiger partial charge in [0.25, 0.3) is 0 Å². The van der Waals surface area contributed by atoms with Crippen LogP contribution in [0.2, 0.25) is 0 Å². The first-order valence-electron chi connectivity index (χ1n) is 15.5. The average Bonchev–Trinajstić information content (AvgIpc) is 2.89. The van der Waals surface area contributed by atoms with Crippen LogP contribution in [0.3, 0.4) is 0 Å². The Morgan fingerprint density at radius 2 is 1.25 bits per heavy atom. The molecular formula is C29H58NO9P. The van der Waals surface area contributed by atoms with Gasteiger partial charge in [-0.05, 0) is 19.3 Å². The van der Waals surface area contributed by atoms with Crippen molar-refractivity contribution in [2.24, 2.45) is 0 Å². The minimum atomic E-state index is -4.67. The highest BCUT2D eigenvalue weighted by atomic mass is 31.2. The van der Waals surface area contributed by atoms with Crippen molar-refractivity contribution in [2.45, 2.75) is 142 Å². The number of hydrogen-bond acceptors (Lipinski definition) is 7. The molecule has 1 amide bonds. The first kappa shape index (κ1) is 39.0. The van der Waals surface area contributed by atoms with Crippen LogP contribution in [0.1, 0.15) is 136 Å². The van der Waals surface area contributed by atoms with Crippen LogP contribution in [0.15, 0.2) is 0 Å². The van der Waals surface area contributed by atoms with E-state index in [0.29, 0.717) is 6.61 Å². The lowest BCUT2D eigenvalue weighted by molar-refractivity contribution is -0.158. The molecule has 0 aromatic heterocycles. The summed E-state index contributed by atoms with van der Waals surface area (Å²) in [5.41, 5.74) is 0. The normalized spacial score (nSPS) is 12.4. The molecule has 10 nitrogen and oxygen atoms in total. The molecule has 0 fully saturated rings. The summed E-state index contributed by atoms with van der Waals surface area (Å²) in [6.07, 6.45) is 19.9. The van der Waals surface area contributed by atoms with E-state index in [9.17, 15) is 14.2 Å². The predicted molar refractivity (Wildman–Crippen MR) is 157 cm³/mol. The van der Waals surface area contributed by atoms with E-state index in [4.69, 9.17) is 24.0 Å². The predicted octanol–water partition coefficient (Wildman–Crippen LogP) is 6.57. The van der Waals surface area contributed by atoms with E-state index in [-0.39, 0.29) is 25.7 Å². The quantitative estimate of drug-likeness (QED) is 0.0364. The van der Waals surface area contributed by atoms with Gasteiger partial charge in [-0.1, -0.05) is 103 Å². The van der Waals surface area contributed by atoms with Crippen molar-refractivity contribution in [3.63, 3.8) is 0 Å². The molecule has 40 heavy (non-hydrogen) atoms. The summed E-state index contributed by atoms with van der Waals surface area (Å²) in [4.78, 5) is 40.9. The number of phosphoric acid groups is 1. The molecule has 238 valence electrons. The molecule has 1 atom stereocenters. The number of carbonyl (C=O) groups is 2. The Morgan fingerprint density at radius 3 is 1.80 bits per heavy atom. The lowest BCUT2D eigenvalue weighted by Gasteiger charge is -2.18. The van der Waals surface area contributed by atoms with Crippen molar-refractivity contribution in [3.05, 3.63) is 0 Å². The highest BCUT2D eigenvalue weighted by Gasteiger charge is 2.21. The van der Waals surface area contributed by atoms with E-state index in [2.05, 4.69) is 16.8 Å². The molecule has 0 aliphatic carbocycles. The molecule has 0 radical (unpaired) electrons. The fourth-order valence-electron chi connectivity index (χ4n) is 4.25. The zero-order chi connectivity index (χ0) is 29.7. The van der Waals surface area contributed by atoms with Crippen LogP contribution in [0.25, 0.3) is 0 Å². The maximum Gasteiger partial charge on any atom is 0.469 e. The zero-order valence-corrected chi connectivity index (χ0v) is 26.1. The minimum absolute atomic E-state index is 0.0204. The molecule has 0 aliphatic rings. The molecular weight excluding hydrogens is 537 g/mol. The molecule has 0 unspecified atom stereocenters. The Balaban J connectivity index is 3.74. The van der Waals surface area contributed by atoms with Gasteiger partial charge >= 0.3 is 13.8 Å². The highest BCUT2D eigenvalue weighted by Crippen LogP contribution is 2.35. The summed E-state index contributed by atoms with van der Waals surface area (Å²) in [5, 5.41) is 2.83. The molecule has 0 aliphatic heterocycles. The molecule has 0 spiro atoms. The lowest BCUT2D eigenvalue weighted by atomic mass is 10.1. The Morgan fingerprint density at radius 1 is 0.725 bits per heavy atom. The smallest absolute Gasteiger partial charge is 0.457 e. The SMILES string of the molecule is CCCCCCCCCC(=O)O[C@H](COCOCCCCCCCCCCCCCNC(C)=O)COP(=O)(O)O. The second kappa shape index (κ2) is 28.1. The molecule has 0 aromatic carbocycles. The van der Waals surface area contributed by atoms with Crippen molar-refractivity contribution in [3.8, 4) is 0 Å². The number of amides is 1. The number of carbonyl (C=O) groups excluding carboxylic acids is 2. The van der Waals surface area contributed by atoms with E-state index in [1.165, 1.54) is 77.0 Å². The maximum atomic E-state index is 12.1. The summed E-state index contributed by atoms with van der Waals surface area (Å²) < 4.78 is 31.8. The third-order valence-corrected chi connectivity index (χ3v) is 7.01. The summed E-state index contributed by atoms with van der Waals surface area (Å²) in [7, 11) is -4.67. The molecule has 0 heterocycles. The molecule has 0 bridgehead atoms. The third-order valence-electron chi connectivity index (χ3n) is 6.52. The van der Waals surface area contributed by atoms with Gasteiger partial charge in [0.15, 0.2) is 0 Å². The number of unbranched alkanes of at least 4 members (excludes halogenated alkanes) is 16. The van der Waals surface area contributed by atoms with E-state index >= 15 is 0 Å². The van der Waals surface area contributed by atoms with E-state index in [1.807, 2.05) is 0 Å². The van der Waals surface area contributed by atoms with Crippen LogP contribution < -0.4 is 5.32 Å². The number of hydrogen-bond donors (Lipinski definition) is 3. The number of nitrogens with one attached hydrogen (secondary N) is 1. The largest absolute Gasteiger partial charge is 0.469 e. The molecule has 0 saturated carbocycles. The number of ether oxygens (including phenoxy) is 3. The van der Waals surface area contributed by atoms with E-state index in [0.717, 1.165) is 45.1 Å². The highest BCUT2D eigenvalue weighted by molar-refractivity contribution is 7.46. The molecule has 0 saturated heterocycles. The van der Waals surface area contributed by atoms with Crippen LogP contribution in [0.4, 0.5) is 0 Å². The molecule has 11 heteroatoms. The van der Waals surface area contributed by atoms with Crippen molar-refractivity contribution < 1.29 is 42.7 Å². The Labute approximate surface area is 242 Å². The average molecular weight is 596 g/mol. The summed E-state index contributed by atoms with van der Waals surface area (Å²) in [5.74, 6) is -0.373. The van der Waals surface area contributed by atoms with Gasteiger partial charge in [-0.2, -0.15) is 0 Å². The standard InChI is InChI=1S/C29H58NO9P/c1-3-4-5-6-12-15-18-21-29(32)39-28(25-38-40(33,34)35)24-37-26-36-23-20-17-14-11-9-7-8-10-13-16-19-22-30-27(2)31/h28H,3-26H2,1-2H3,(H,30,31)(H2,33,34,35)/t28-/m1/s1. The monoisotopic (exact) mass is 595 g/mol. The van der Waals surface area contributed by atoms with Crippen molar-refractivity contribution >= 4 is 19.7 Å². The van der Waals surface area contributed by atoms with Crippen LogP contribution in [0.5, 0.6) is 0 Å². The zero-order valence-electron chi connectivity index (χ0n) is 25.2. The summed E-state index contributed by atoms with van der Waals surface area (Å²) >= 11 is 0. The number of rotatable bonds is 30. The van der Waals surface area contributed by atoms with Crippen LogP contribution in [-0.2, 0) is 32.9 Å². The van der Waals surface area contributed by atoms with E-state index in [1.54, 1.807) is 6.92 Å². The first-order valence-corrected chi connectivity index (χ1v) is 17.1. The Kier molecular flexibility index (Phi) is 27.4. The van der Waals surface area contributed by atoms with Crippen molar-refractivity contribution in [2.75, 3.05) is 33.2 Å². The molecule has 3 N–H and O–H groups in total. The fraction of sp³-hybridized carbons (Fsp3) is 0.931. The van der Waals surface area contributed by atoms with Crippen LogP contribution in [0, 0.1) is 0 Å². The minimum Gasteiger partial charge on any atom is -0.457 e. The van der Waals surface area contributed by atoms with Crippen LogP contribution >= 0.6 is 7.82 Å². The van der Waals surface area contributed by atoms with Crippen LogP contribution in [-0.4, -0.2) is 60.9 Å². The van der Waals surface area contributed by atoms with Crippen molar-refractivity contribution in [1.29, 1.82) is 0 Å². The third kappa shape index (κ3) is 31.5. The second-order valence-electron chi connectivity index (χ2n) is 10.5. The van der Waals surface area contributed by atoms with Gasteiger partial charge in [-0.15, -0.1) is 0 Å².